The Kier molecular flexibility index (Phi) is 3.40. The van der Waals surface area contributed by atoms with Gasteiger partial charge in [0.25, 0.3) is 0 Å². The Labute approximate surface area is 110 Å². The third-order valence-corrected chi connectivity index (χ3v) is 4.57. The zero-order chi connectivity index (χ0) is 12.5. The highest BCUT2D eigenvalue weighted by molar-refractivity contribution is 5.28. The van der Waals surface area contributed by atoms with E-state index >= 15 is 0 Å². The molecule has 0 aliphatic carbocycles. The normalized spacial score (nSPS) is 31.8. The van der Waals surface area contributed by atoms with Crippen LogP contribution in [-0.2, 0) is 4.74 Å². The summed E-state index contributed by atoms with van der Waals surface area (Å²) in [6.45, 7) is 5.54. The van der Waals surface area contributed by atoms with Gasteiger partial charge in [-0.1, -0.05) is 24.3 Å². The molecule has 0 radical (unpaired) electrons. The second-order valence-electron chi connectivity index (χ2n) is 5.86. The zero-order valence-electron chi connectivity index (χ0n) is 11.4. The van der Waals surface area contributed by atoms with E-state index in [4.69, 9.17) is 4.74 Å². The lowest BCUT2D eigenvalue weighted by Crippen LogP contribution is -2.31. The average Bonchev–Trinajstić information content (AvgIpc) is 2.98. The Hall–Kier alpha value is -0.860. The van der Waals surface area contributed by atoms with Gasteiger partial charge in [0, 0.05) is 18.5 Å². The van der Waals surface area contributed by atoms with Gasteiger partial charge in [-0.3, -0.25) is 0 Å². The van der Waals surface area contributed by atoms with Gasteiger partial charge in [-0.25, -0.2) is 0 Å². The fourth-order valence-corrected chi connectivity index (χ4v) is 3.47. The first-order valence-electron chi connectivity index (χ1n) is 7.18. The van der Waals surface area contributed by atoms with Crippen molar-refractivity contribution in [3.05, 3.63) is 35.4 Å². The molecule has 18 heavy (non-hydrogen) atoms. The molecule has 2 heteroatoms. The van der Waals surface area contributed by atoms with Crippen LogP contribution in [-0.4, -0.2) is 18.8 Å². The SMILES string of the molecule is Cc1ccccc1C(C)NCC1CC2CCC1O2. The smallest absolute Gasteiger partial charge is 0.0621 e. The van der Waals surface area contributed by atoms with Crippen LogP contribution in [0.5, 0.6) is 0 Å². The molecule has 98 valence electrons. The number of hydrogen-bond acceptors (Lipinski definition) is 2. The van der Waals surface area contributed by atoms with Gasteiger partial charge in [0.15, 0.2) is 0 Å². The number of rotatable bonds is 4. The standard InChI is InChI=1S/C16H23NO/c1-11-5-3-4-6-15(11)12(2)17-10-13-9-14-7-8-16(13)18-14/h3-6,12-14,16-17H,7-10H2,1-2H3. The molecule has 1 aromatic carbocycles. The molecule has 3 rings (SSSR count). The van der Waals surface area contributed by atoms with Gasteiger partial charge in [-0.15, -0.1) is 0 Å². The van der Waals surface area contributed by atoms with Crippen molar-refractivity contribution in [3.63, 3.8) is 0 Å². The largest absolute Gasteiger partial charge is 0.375 e. The Morgan fingerprint density at radius 2 is 2.17 bits per heavy atom. The van der Waals surface area contributed by atoms with Crippen LogP contribution < -0.4 is 5.32 Å². The van der Waals surface area contributed by atoms with E-state index in [0.717, 1.165) is 12.5 Å². The van der Waals surface area contributed by atoms with E-state index < -0.39 is 0 Å². The highest BCUT2D eigenvalue weighted by Crippen LogP contribution is 2.38. The maximum absolute atomic E-state index is 5.91. The summed E-state index contributed by atoms with van der Waals surface area (Å²) in [5, 5.41) is 3.69. The summed E-state index contributed by atoms with van der Waals surface area (Å²) in [4.78, 5) is 0. The average molecular weight is 245 g/mol. The minimum atomic E-state index is 0.435. The summed E-state index contributed by atoms with van der Waals surface area (Å²) in [5.74, 6) is 0.732. The molecule has 0 amide bonds. The first-order chi connectivity index (χ1) is 8.74. The van der Waals surface area contributed by atoms with Crippen molar-refractivity contribution in [2.24, 2.45) is 5.92 Å². The van der Waals surface area contributed by atoms with Gasteiger partial charge in [-0.05, 0) is 44.2 Å². The number of aryl methyl sites for hydroxylation is 1. The van der Waals surface area contributed by atoms with Gasteiger partial charge in [0.1, 0.15) is 0 Å². The first kappa shape index (κ1) is 12.2. The quantitative estimate of drug-likeness (QED) is 0.879. The predicted octanol–water partition coefficient (Wildman–Crippen LogP) is 3.21. The van der Waals surface area contributed by atoms with Crippen molar-refractivity contribution in [1.82, 2.24) is 5.32 Å². The molecule has 4 unspecified atom stereocenters. The Morgan fingerprint density at radius 3 is 2.83 bits per heavy atom. The van der Waals surface area contributed by atoms with Crippen LogP contribution in [0.4, 0.5) is 0 Å². The topological polar surface area (TPSA) is 21.3 Å². The molecule has 2 bridgehead atoms. The van der Waals surface area contributed by atoms with Crippen molar-refractivity contribution in [2.75, 3.05) is 6.54 Å². The molecule has 2 nitrogen and oxygen atoms in total. The predicted molar refractivity (Wildman–Crippen MR) is 73.6 cm³/mol. The summed E-state index contributed by atoms with van der Waals surface area (Å²) in [7, 11) is 0. The number of benzene rings is 1. The van der Waals surface area contributed by atoms with Gasteiger partial charge >= 0.3 is 0 Å². The lowest BCUT2D eigenvalue weighted by molar-refractivity contribution is 0.0920. The van der Waals surface area contributed by atoms with Crippen molar-refractivity contribution >= 4 is 0 Å². The maximum atomic E-state index is 5.91. The van der Waals surface area contributed by atoms with Gasteiger partial charge in [-0.2, -0.15) is 0 Å². The molecule has 2 fully saturated rings. The third-order valence-electron chi connectivity index (χ3n) is 4.57. The third kappa shape index (κ3) is 2.32. The fourth-order valence-electron chi connectivity index (χ4n) is 3.47. The van der Waals surface area contributed by atoms with E-state index in [1.165, 1.54) is 30.4 Å². The molecule has 1 aromatic rings. The zero-order valence-corrected chi connectivity index (χ0v) is 11.4. The lowest BCUT2D eigenvalue weighted by atomic mass is 9.89. The molecule has 1 N–H and O–H groups in total. The van der Waals surface area contributed by atoms with E-state index in [1.54, 1.807) is 0 Å². The summed E-state index contributed by atoms with van der Waals surface area (Å²) in [6.07, 6.45) is 4.92. The van der Waals surface area contributed by atoms with Crippen molar-refractivity contribution in [2.45, 2.75) is 51.4 Å². The highest BCUT2D eigenvalue weighted by Gasteiger charge is 2.40. The van der Waals surface area contributed by atoms with Gasteiger partial charge in [0.2, 0.25) is 0 Å². The van der Waals surface area contributed by atoms with E-state index in [-0.39, 0.29) is 0 Å². The van der Waals surface area contributed by atoms with Gasteiger partial charge < -0.3 is 10.1 Å². The molecule has 0 saturated carbocycles. The van der Waals surface area contributed by atoms with Crippen LogP contribution in [0.3, 0.4) is 0 Å². The summed E-state index contributed by atoms with van der Waals surface area (Å²) < 4.78 is 5.91. The van der Waals surface area contributed by atoms with Crippen molar-refractivity contribution in [3.8, 4) is 0 Å². The number of hydrogen-bond donors (Lipinski definition) is 1. The van der Waals surface area contributed by atoms with Crippen LogP contribution >= 0.6 is 0 Å². The maximum Gasteiger partial charge on any atom is 0.0621 e. The van der Waals surface area contributed by atoms with E-state index in [1.807, 2.05) is 0 Å². The Morgan fingerprint density at radius 1 is 1.33 bits per heavy atom. The second-order valence-corrected chi connectivity index (χ2v) is 5.86. The van der Waals surface area contributed by atoms with Crippen LogP contribution in [0, 0.1) is 12.8 Å². The highest BCUT2D eigenvalue weighted by atomic mass is 16.5. The fraction of sp³-hybridized carbons (Fsp3) is 0.625. The summed E-state index contributed by atoms with van der Waals surface area (Å²) >= 11 is 0. The Balaban J connectivity index is 1.56. The molecule has 2 aliphatic rings. The molecular formula is C16H23NO. The number of nitrogens with one attached hydrogen (secondary N) is 1. The number of fused-ring (bicyclic) bond motifs is 2. The first-order valence-corrected chi connectivity index (χ1v) is 7.18. The van der Waals surface area contributed by atoms with Crippen molar-refractivity contribution < 1.29 is 4.74 Å². The van der Waals surface area contributed by atoms with E-state index in [9.17, 15) is 0 Å². The summed E-state index contributed by atoms with van der Waals surface area (Å²) in [5.41, 5.74) is 2.79. The molecule has 4 atom stereocenters. The van der Waals surface area contributed by atoms with Crippen LogP contribution in [0.2, 0.25) is 0 Å². The summed E-state index contributed by atoms with van der Waals surface area (Å²) in [6, 6.07) is 9.08. The molecule has 2 saturated heterocycles. The minimum absolute atomic E-state index is 0.435. The number of ether oxygens (including phenoxy) is 1. The van der Waals surface area contributed by atoms with E-state index in [0.29, 0.717) is 18.2 Å². The monoisotopic (exact) mass is 245 g/mol. The second kappa shape index (κ2) is 5.02. The van der Waals surface area contributed by atoms with E-state index in [2.05, 4.69) is 43.4 Å². The van der Waals surface area contributed by atoms with Crippen LogP contribution in [0.15, 0.2) is 24.3 Å². The lowest BCUT2D eigenvalue weighted by Gasteiger charge is -2.23. The minimum Gasteiger partial charge on any atom is -0.375 e. The van der Waals surface area contributed by atoms with Gasteiger partial charge in [0.05, 0.1) is 12.2 Å². The molecule has 2 aliphatic heterocycles. The molecule has 0 spiro atoms. The molecular weight excluding hydrogens is 222 g/mol. The molecule has 0 aromatic heterocycles. The molecule has 2 heterocycles. The van der Waals surface area contributed by atoms with Crippen LogP contribution in [0.1, 0.15) is 43.4 Å². The Bertz CT molecular complexity index is 417. The van der Waals surface area contributed by atoms with Crippen molar-refractivity contribution in [1.29, 1.82) is 0 Å². The van der Waals surface area contributed by atoms with Crippen LogP contribution in [0.25, 0.3) is 0 Å².